The van der Waals surface area contributed by atoms with Gasteiger partial charge in [-0.05, 0) is 23.8 Å². The van der Waals surface area contributed by atoms with Gasteiger partial charge in [0.2, 0.25) is 0 Å². The van der Waals surface area contributed by atoms with Gasteiger partial charge < -0.3 is 25.4 Å². The van der Waals surface area contributed by atoms with Crippen LogP contribution in [0.25, 0.3) is 0 Å². The maximum atomic E-state index is 12.7. The summed E-state index contributed by atoms with van der Waals surface area (Å²) in [6, 6.07) is 15.6. The summed E-state index contributed by atoms with van der Waals surface area (Å²) in [6.07, 6.45) is 0.830. The molecule has 0 radical (unpaired) electrons. The van der Waals surface area contributed by atoms with Crippen molar-refractivity contribution < 1.29 is 14.3 Å². The summed E-state index contributed by atoms with van der Waals surface area (Å²) in [5.41, 5.74) is 8.84. The van der Waals surface area contributed by atoms with Crippen molar-refractivity contribution >= 4 is 35.8 Å². The van der Waals surface area contributed by atoms with Crippen LogP contribution in [0.1, 0.15) is 33.9 Å². The number of fused-ring (bicyclic) bond motifs is 1. The first-order chi connectivity index (χ1) is 14.2. The lowest BCUT2D eigenvalue weighted by molar-refractivity contribution is 0.0303. The molecule has 2 aromatic carbocycles. The van der Waals surface area contributed by atoms with E-state index in [0.717, 1.165) is 23.3 Å². The fourth-order valence-electron chi connectivity index (χ4n) is 3.64. The molecule has 1 fully saturated rings. The van der Waals surface area contributed by atoms with E-state index >= 15 is 0 Å². The highest BCUT2D eigenvalue weighted by Crippen LogP contribution is 2.31. The Morgan fingerprint density at radius 1 is 1.13 bits per heavy atom. The van der Waals surface area contributed by atoms with Gasteiger partial charge in [-0.3, -0.25) is 4.79 Å². The average Bonchev–Trinajstić information content (AvgIpc) is 2.78. The lowest BCUT2D eigenvalue weighted by Crippen LogP contribution is -2.40. The zero-order chi connectivity index (χ0) is 20.1. The number of hydrogen-bond donors (Lipinski definition) is 2. The maximum Gasteiger partial charge on any atom is 0.254 e. The predicted octanol–water partition coefficient (Wildman–Crippen LogP) is 2.71. The van der Waals surface area contributed by atoms with E-state index in [-0.39, 0.29) is 35.9 Å². The van der Waals surface area contributed by atoms with Crippen molar-refractivity contribution in [2.75, 3.05) is 32.9 Å². The molecule has 2 aliphatic rings. The fourth-order valence-corrected chi connectivity index (χ4v) is 3.64. The van der Waals surface area contributed by atoms with Crippen molar-refractivity contribution in [3.05, 3.63) is 65.2 Å². The second-order valence-electron chi connectivity index (χ2n) is 7.18. The Labute approximate surface area is 193 Å². The summed E-state index contributed by atoms with van der Waals surface area (Å²) < 4.78 is 11.0. The van der Waals surface area contributed by atoms with Crippen LogP contribution in [0.3, 0.4) is 0 Å². The molecule has 7 nitrogen and oxygen atoms in total. The SMILES string of the molecule is I.NC(=NCc1cccc(C(=O)N2CCOCC2)c1)NC1CCOc2ccccc21. The first-order valence-corrected chi connectivity index (χ1v) is 9.95. The summed E-state index contributed by atoms with van der Waals surface area (Å²) in [5.74, 6) is 1.30. The Balaban J connectivity index is 0.00000256. The van der Waals surface area contributed by atoms with Crippen molar-refractivity contribution in [1.82, 2.24) is 10.2 Å². The topological polar surface area (TPSA) is 89.2 Å². The molecule has 8 heteroatoms. The van der Waals surface area contributed by atoms with Gasteiger partial charge in [-0.15, -0.1) is 24.0 Å². The lowest BCUT2D eigenvalue weighted by Gasteiger charge is -2.27. The molecule has 160 valence electrons. The minimum Gasteiger partial charge on any atom is -0.493 e. The molecule has 3 N–H and O–H groups in total. The molecule has 0 aliphatic carbocycles. The van der Waals surface area contributed by atoms with Crippen LogP contribution in [0.2, 0.25) is 0 Å². The Hall–Kier alpha value is -2.33. The summed E-state index contributed by atoms with van der Waals surface area (Å²) in [6.45, 7) is 3.50. The highest BCUT2D eigenvalue weighted by Gasteiger charge is 2.21. The molecule has 30 heavy (non-hydrogen) atoms. The number of para-hydroxylation sites is 1. The number of carbonyl (C=O) groups excluding carboxylic acids is 1. The van der Waals surface area contributed by atoms with Crippen LogP contribution < -0.4 is 15.8 Å². The van der Waals surface area contributed by atoms with Crippen molar-refractivity contribution in [1.29, 1.82) is 0 Å². The zero-order valence-corrected chi connectivity index (χ0v) is 19.1. The van der Waals surface area contributed by atoms with E-state index in [0.29, 0.717) is 51.0 Å². The maximum absolute atomic E-state index is 12.7. The van der Waals surface area contributed by atoms with E-state index in [1.807, 2.05) is 53.4 Å². The van der Waals surface area contributed by atoms with E-state index in [1.165, 1.54) is 0 Å². The van der Waals surface area contributed by atoms with Gasteiger partial charge in [0.1, 0.15) is 5.75 Å². The third-order valence-electron chi connectivity index (χ3n) is 5.18. The molecule has 1 saturated heterocycles. The van der Waals surface area contributed by atoms with Gasteiger partial charge in [-0.25, -0.2) is 4.99 Å². The molecule has 1 atom stereocenters. The van der Waals surface area contributed by atoms with Gasteiger partial charge in [0, 0.05) is 30.6 Å². The minimum absolute atomic E-state index is 0. The molecule has 0 spiro atoms. The van der Waals surface area contributed by atoms with Crippen LogP contribution in [0.15, 0.2) is 53.5 Å². The molecule has 0 aromatic heterocycles. The van der Waals surface area contributed by atoms with Gasteiger partial charge in [0.25, 0.3) is 5.91 Å². The number of aliphatic imine (C=N–C) groups is 1. The molecule has 2 aromatic rings. The molecule has 0 bridgehead atoms. The quantitative estimate of drug-likeness (QED) is 0.367. The molecular weight excluding hydrogens is 495 g/mol. The molecular formula is C22H27IN4O3. The van der Waals surface area contributed by atoms with Crippen LogP contribution in [0, 0.1) is 0 Å². The second kappa shape index (κ2) is 10.6. The Morgan fingerprint density at radius 2 is 1.93 bits per heavy atom. The molecule has 2 heterocycles. The predicted molar refractivity (Wildman–Crippen MR) is 126 cm³/mol. The van der Waals surface area contributed by atoms with Crippen LogP contribution in [-0.2, 0) is 11.3 Å². The average molecular weight is 522 g/mol. The lowest BCUT2D eigenvalue weighted by atomic mass is 10.0. The Morgan fingerprint density at radius 3 is 2.77 bits per heavy atom. The first kappa shape index (κ1) is 22.4. The number of nitrogens with one attached hydrogen (secondary N) is 1. The van der Waals surface area contributed by atoms with Gasteiger partial charge in [0.15, 0.2) is 5.96 Å². The number of halogens is 1. The highest BCUT2D eigenvalue weighted by atomic mass is 127. The fraction of sp³-hybridized carbons (Fsp3) is 0.364. The number of rotatable bonds is 4. The van der Waals surface area contributed by atoms with E-state index in [9.17, 15) is 4.79 Å². The largest absolute Gasteiger partial charge is 0.493 e. The molecule has 0 saturated carbocycles. The smallest absolute Gasteiger partial charge is 0.254 e. The van der Waals surface area contributed by atoms with Crippen LogP contribution in [-0.4, -0.2) is 49.7 Å². The third kappa shape index (κ3) is 5.42. The number of benzene rings is 2. The summed E-state index contributed by atoms with van der Waals surface area (Å²) in [7, 11) is 0. The van der Waals surface area contributed by atoms with E-state index in [2.05, 4.69) is 10.3 Å². The second-order valence-corrected chi connectivity index (χ2v) is 7.18. The number of guanidine groups is 1. The molecule has 4 rings (SSSR count). The van der Waals surface area contributed by atoms with E-state index in [4.69, 9.17) is 15.2 Å². The van der Waals surface area contributed by atoms with E-state index in [1.54, 1.807) is 0 Å². The molecule has 1 amide bonds. The monoisotopic (exact) mass is 522 g/mol. The zero-order valence-electron chi connectivity index (χ0n) is 16.8. The van der Waals surface area contributed by atoms with Gasteiger partial charge in [-0.1, -0.05) is 30.3 Å². The highest BCUT2D eigenvalue weighted by molar-refractivity contribution is 14.0. The van der Waals surface area contributed by atoms with E-state index < -0.39 is 0 Å². The summed E-state index contributed by atoms with van der Waals surface area (Å²) >= 11 is 0. The number of ether oxygens (including phenoxy) is 2. The number of nitrogens with two attached hydrogens (primary N) is 1. The van der Waals surface area contributed by atoms with Crippen LogP contribution in [0.4, 0.5) is 0 Å². The van der Waals surface area contributed by atoms with Crippen molar-refractivity contribution in [2.24, 2.45) is 10.7 Å². The standard InChI is InChI=1S/C22H26N4O3.HI/c23-22(25-19-8-11-29-20-7-2-1-6-18(19)20)24-15-16-4-3-5-17(14-16)21(27)26-9-12-28-13-10-26;/h1-7,14,19H,8-13,15H2,(H3,23,24,25);1H. The molecule has 1 unspecified atom stereocenters. The summed E-state index contributed by atoms with van der Waals surface area (Å²) in [4.78, 5) is 19.0. The first-order valence-electron chi connectivity index (χ1n) is 9.95. The number of morpholine rings is 1. The number of hydrogen-bond acceptors (Lipinski definition) is 4. The summed E-state index contributed by atoms with van der Waals surface area (Å²) in [5, 5.41) is 3.29. The number of carbonyl (C=O) groups is 1. The van der Waals surface area contributed by atoms with Crippen molar-refractivity contribution in [3.63, 3.8) is 0 Å². The third-order valence-corrected chi connectivity index (χ3v) is 5.18. The Bertz CT molecular complexity index is 899. The number of nitrogens with zero attached hydrogens (tertiary/aromatic N) is 2. The van der Waals surface area contributed by atoms with Crippen LogP contribution >= 0.6 is 24.0 Å². The normalized spacial score (nSPS) is 18.6. The molecule has 2 aliphatic heterocycles. The van der Waals surface area contributed by atoms with Crippen LogP contribution in [0.5, 0.6) is 5.75 Å². The van der Waals surface area contributed by atoms with Crippen molar-refractivity contribution in [2.45, 2.75) is 19.0 Å². The van der Waals surface area contributed by atoms with Gasteiger partial charge in [0.05, 0.1) is 32.4 Å². The van der Waals surface area contributed by atoms with Crippen molar-refractivity contribution in [3.8, 4) is 5.75 Å². The van der Waals surface area contributed by atoms with Gasteiger partial charge in [-0.2, -0.15) is 0 Å². The minimum atomic E-state index is 0. The Kier molecular flexibility index (Phi) is 7.92. The number of amides is 1. The van der Waals surface area contributed by atoms with Gasteiger partial charge >= 0.3 is 0 Å².